The number of aromatic nitrogens is 2. The van der Waals surface area contributed by atoms with Gasteiger partial charge in [0.1, 0.15) is 5.75 Å². The molecular formula is C20H21ClN4O2. The Labute approximate surface area is 163 Å². The molecule has 3 aromatic rings. The van der Waals surface area contributed by atoms with E-state index in [0.717, 1.165) is 43.2 Å². The minimum Gasteiger partial charge on any atom is -0.495 e. The minimum absolute atomic E-state index is 0.500. The fraction of sp³-hybridized carbons (Fsp3) is 0.300. The fourth-order valence-corrected chi connectivity index (χ4v) is 3.48. The van der Waals surface area contributed by atoms with Gasteiger partial charge in [-0.3, -0.25) is 4.90 Å². The summed E-state index contributed by atoms with van der Waals surface area (Å²) < 4.78 is 11.3. The number of hydrogen-bond acceptors (Lipinski definition) is 6. The van der Waals surface area contributed by atoms with Crippen LogP contribution in [0.1, 0.15) is 5.89 Å². The summed E-state index contributed by atoms with van der Waals surface area (Å²) in [6, 6.07) is 15.6. The van der Waals surface area contributed by atoms with E-state index < -0.39 is 0 Å². The molecule has 6 nitrogen and oxygen atoms in total. The first-order valence-electron chi connectivity index (χ1n) is 8.91. The third-order valence-electron chi connectivity index (χ3n) is 4.70. The lowest BCUT2D eigenvalue weighted by atomic mass is 10.2. The molecular weight excluding hydrogens is 364 g/mol. The van der Waals surface area contributed by atoms with Gasteiger partial charge in [0.25, 0.3) is 0 Å². The van der Waals surface area contributed by atoms with Gasteiger partial charge in [-0.15, -0.1) is 10.2 Å². The second kappa shape index (κ2) is 7.98. The molecule has 1 aliphatic heterocycles. The smallest absolute Gasteiger partial charge is 0.247 e. The molecule has 1 fully saturated rings. The maximum Gasteiger partial charge on any atom is 0.247 e. The Morgan fingerprint density at radius 2 is 1.85 bits per heavy atom. The van der Waals surface area contributed by atoms with Gasteiger partial charge in [0.15, 0.2) is 0 Å². The van der Waals surface area contributed by atoms with Crippen LogP contribution in [0.15, 0.2) is 52.9 Å². The van der Waals surface area contributed by atoms with Crippen molar-refractivity contribution < 1.29 is 9.15 Å². The summed E-state index contributed by atoms with van der Waals surface area (Å²) in [5, 5.41) is 8.99. The van der Waals surface area contributed by atoms with Crippen LogP contribution in [0.3, 0.4) is 0 Å². The maximum absolute atomic E-state index is 6.03. The van der Waals surface area contributed by atoms with Crippen molar-refractivity contribution in [2.45, 2.75) is 6.54 Å². The van der Waals surface area contributed by atoms with Crippen LogP contribution >= 0.6 is 11.6 Å². The van der Waals surface area contributed by atoms with Gasteiger partial charge in [-0.1, -0.05) is 29.8 Å². The Kier molecular flexibility index (Phi) is 5.27. The van der Waals surface area contributed by atoms with Gasteiger partial charge in [-0.25, -0.2) is 0 Å². The van der Waals surface area contributed by atoms with Gasteiger partial charge in [0.2, 0.25) is 11.8 Å². The molecule has 0 N–H and O–H groups in total. The molecule has 0 aliphatic carbocycles. The van der Waals surface area contributed by atoms with Crippen LogP contribution < -0.4 is 9.64 Å². The fourth-order valence-electron chi connectivity index (χ4n) is 3.28. The molecule has 140 valence electrons. The predicted molar refractivity (Wildman–Crippen MR) is 105 cm³/mol. The Morgan fingerprint density at radius 1 is 1.04 bits per heavy atom. The molecule has 0 atom stereocenters. The molecule has 4 rings (SSSR count). The van der Waals surface area contributed by atoms with Crippen molar-refractivity contribution in [2.75, 3.05) is 38.2 Å². The highest BCUT2D eigenvalue weighted by atomic mass is 35.5. The second-order valence-electron chi connectivity index (χ2n) is 6.45. The van der Waals surface area contributed by atoms with E-state index in [1.54, 1.807) is 7.11 Å². The lowest BCUT2D eigenvalue weighted by Crippen LogP contribution is -2.46. The van der Waals surface area contributed by atoms with E-state index in [0.29, 0.717) is 23.3 Å². The van der Waals surface area contributed by atoms with Gasteiger partial charge in [0.05, 0.1) is 19.3 Å². The van der Waals surface area contributed by atoms with E-state index in [1.165, 1.54) is 0 Å². The quantitative estimate of drug-likeness (QED) is 0.668. The van der Waals surface area contributed by atoms with Crippen LogP contribution in [-0.2, 0) is 6.54 Å². The first-order valence-corrected chi connectivity index (χ1v) is 9.29. The number of nitrogens with zero attached hydrogens (tertiary/aromatic N) is 4. The first-order chi connectivity index (χ1) is 13.2. The van der Waals surface area contributed by atoms with Gasteiger partial charge in [0, 0.05) is 36.8 Å². The van der Waals surface area contributed by atoms with Crippen molar-refractivity contribution in [2.24, 2.45) is 0 Å². The van der Waals surface area contributed by atoms with Crippen molar-refractivity contribution in [3.05, 3.63) is 59.4 Å². The predicted octanol–water partition coefficient (Wildman–Crippen LogP) is 3.72. The van der Waals surface area contributed by atoms with Crippen LogP contribution in [0.2, 0.25) is 5.02 Å². The lowest BCUT2D eigenvalue weighted by Gasteiger charge is -2.35. The summed E-state index contributed by atoms with van der Waals surface area (Å²) in [7, 11) is 1.71. The van der Waals surface area contributed by atoms with Crippen LogP contribution in [0, 0.1) is 0 Å². The number of piperazine rings is 1. The lowest BCUT2D eigenvalue weighted by molar-refractivity contribution is 0.226. The Hall–Kier alpha value is -2.57. The number of para-hydroxylation sites is 2. The topological polar surface area (TPSA) is 54.6 Å². The van der Waals surface area contributed by atoms with Crippen molar-refractivity contribution in [1.82, 2.24) is 15.1 Å². The highest BCUT2D eigenvalue weighted by Gasteiger charge is 2.21. The van der Waals surface area contributed by atoms with E-state index in [1.807, 2.05) is 42.5 Å². The number of anilines is 1. The van der Waals surface area contributed by atoms with Crippen molar-refractivity contribution >= 4 is 17.3 Å². The highest BCUT2D eigenvalue weighted by molar-refractivity contribution is 6.30. The van der Waals surface area contributed by atoms with Crippen molar-refractivity contribution in [3.8, 4) is 17.2 Å². The zero-order valence-electron chi connectivity index (χ0n) is 15.1. The maximum atomic E-state index is 6.03. The Bertz CT molecular complexity index is 906. The molecule has 1 aliphatic rings. The molecule has 1 saturated heterocycles. The summed E-state index contributed by atoms with van der Waals surface area (Å²) in [5.74, 6) is 2.03. The number of methoxy groups -OCH3 is 1. The average Bonchev–Trinajstić information content (AvgIpc) is 3.17. The highest BCUT2D eigenvalue weighted by Crippen LogP contribution is 2.28. The molecule has 0 radical (unpaired) electrons. The summed E-state index contributed by atoms with van der Waals surface area (Å²) in [4.78, 5) is 4.67. The molecule has 7 heteroatoms. The average molecular weight is 385 g/mol. The van der Waals surface area contributed by atoms with Gasteiger partial charge in [-0.05, 0) is 30.3 Å². The molecule has 2 heterocycles. The summed E-state index contributed by atoms with van der Waals surface area (Å²) in [5.41, 5.74) is 1.97. The zero-order valence-corrected chi connectivity index (χ0v) is 15.9. The largest absolute Gasteiger partial charge is 0.495 e. The van der Waals surface area contributed by atoms with Crippen LogP contribution in [0.25, 0.3) is 11.5 Å². The number of rotatable bonds is 5. The van der Waals surface area contributed by atoms with E-state index in [-0.39, 0.29) is 0 Å². The van der Waals surface area contributed by atoms with Gasteiger partial charge < -0.3 is 14.1 Å². The van der Waals surface area contributed by atoms with Gasteiger partial charge >= 0.3 is 0 Å². The number of hydrogen-bond donors (Lipinski definition) is 0. The minimum atomic E-state index is 0.500. The molecule has 0 saturated carbocycles. The van der Waals surface area contributed by atoms with E-state index in [9.17, 15) is 0 Å². The molecule has 0 bridgehead atoms. The standard InChI is InChI=1S/C20H21ClN4O2/c1-26-18-8-3-2-7-17(18)25-11-9-24(10-12-25)14-19-22-23-20(27-19)15-5-4-6-16(21)13-15/h2-8,13H,9-12,14H2,1H3. The molecule has 0 unspecified atom stereocenters. The summed E-state index contributed by atoms with van der Waals surface area (Å²) in [6.07, 6.45) is 0. The Morgan fingerprint density at radius 3 is 2.63 bits per heavy atom. The second-order valence-corrected chi connectivity index (χ2v) is 6.88. The van der Waals surface area contributed by atoms with Crippen molar-refractivity contribution in [1.29, 1.82) is 0 Å². The molecule has 0 amide bonds. The van der Waals surface area contributed by atoms with E-state index >= 15 is 0 Å². The third-order valence-corrected chi connectivity index (χ3v) is 4.93. The van der Waals surface area contributed by atoms with Crippen LogP contribution in [0.4, 0.5) is 5.69 Å². The number of benzene rings is 2. The Balaban J connectivity index is 1.37. The van der Waals surface area contributed by atoms with Crippen molar-refractivity contribution in [3.63, 3.8) is 0 Å². The summed E-state index contributed by atoms with van der Waals surface area (Å²) in [6.45, 7) is 4.35. The van der Waals surface area contributed by atoms with E-state index in [2.05, 4.69) is 26.1 Å². The third kappa shape index (κ3) is 4.07. The normalized spacial score (nSPS) is 15.1. The molecule has 1 aromatic heterocycles. The first kappa shape index (κ1) is 17.8. The number of halogens is 1. The number of ether oxygens (including phenoxy) is 1. The molecule has 2 aromatic carbocycles. The SMILES string of the molecule is COc1ccccc1N1CCN(Cc2nnc(-c3cccc(Cl)c3)o2)CC1. The van der Waals surface area contributed by atoms with E-state index in [4.69, 9.17) is 20.8 Å². The molecule has 0 spiro atoms. The zero-order chi connectivity index (χ0) is 18.6. The summed E-state index contributed by atoms with van der Waals surface area (Å²) >= 11 is 6.03. The monoisotopic (exact) mass is 384 g/mol. The molecule has 27 heavy (non-hydrogen) atoms. The van der Waals surface area contributed by atoms with Crippen LogP contribution in [0.5, 0.6) is 5.75 Å². The van der Waals surface area contributed by atoms with Gasteiger partial charge in [-0.2, -0.15) is 0 Å². The van der Waals surface area contributed by atoms with Crippen LogP contribution in [-0.4, -0.2) is 48.4 Å².